The number of hydrogen-bond acceptors (Lipinski definition) is 4. The number of anilines is 1. The zero-order chi connectivity index (χ0) is 14.3. The van der Waals surface area contributed by atoms with Gasteiger partial charge in [0.15, 0.2) is 0 Å². The quantitative estimate of drug-likeness (QED) is 0.864. The van der Waals surface area contributed by atoms with Crippen LogP contribution >= 0.6 is 11.3 Å². The minimum absolute atomic E-state index is 0.575. The van der Waals surface area contributed by atoms with E-state index in [1.54, 1.807) is 0 Å². The molecule has 0 radical (unpaired) electrons. The molecule has 0 bridgehead atoms. The van der Waals surface area contributed by atoms with E-state index in [1.807, 2.05) is 11.3 Å². The van der Waals surface area contributed by atoms with E-state index in [2.05, 4.69) is 16.3 Å². The highest BCUT2D eigenvalue weighted by Crippen LogP contribution is 2.48. The Balaban J connectivity index is 1.56. The van der Waals surface area contributed by atoms with E-state index in [0.717, 1.165) is 25.1 Å². The molecule has 4 heteroatoms. The van der Waals surface area contributed by atoms with Gasteiger partial charge in [0.05, 0.1) is 5.56 Å². The predicted molar refractivity (Wildman–Crippen MR) is 86.8 cm³/mol. The molecule has 1 N–H and O–H groups in total. The lowest BCUT2D eigenvalue weighted by Crippen LogP contribution is -2.56. The van der Waals surface area contributed by atoms with E-state index >= 15 is 0 Å². The largest absolute Gasteiger partial charge is 0.361 e. The molecule has 112 valence electrons. The number of fused-ring (bicyclic) bond motifs is 1. The fraction of sp³-hybridized carbons (Fsp3) is 0.706. The van der Waals surface area contributed by atoms with Gasteiger partial charge in [-0.05, 0) is 31.4 Å². The Bertz CT molecular complexity index is 568. The van der Waals surface area contributed by atoms with Crippen LogP contribution in [0.25, 0.3) is 0 Å². The summed E-state index contributed by atoms with van der Waals surface area (Å²) in [6.45, 7) is 4.35. The zero-order valence-electron chi connectivity index (χ0n) is 12.6. The second kappa shape index (κ2) is 5.30. The van der Waals surface area contributed by atoms with E-state index < -0.39 is 0 Å². The fourth-order valence-electron chi connectivity index (χ4n) is 4.36. The predicted octanol–water partition coefficient (Wildman–Crippen LogP) is 3.43. The summed E-state index contributed by atoms with van der Waals surface area (Å²) < 4.78 is 0. The number of thiophene rings is 1. The summed E-state index contributed by atoms with van der Waals surface area (Å²) in [5.74, 6) is 0. The van der Waals surface area contributed by atoms with Crippen molar-refractivity contribution in [3.05, 3.63) is 16.0 Å². The average molecular weight is 301 g/mol. The maximum atomic E-state index is 9.59. The van der Waals surface area contributed by atoms with Crippen molar-refractivity contribution in [3.8, 4) is 6.07 Å². The van der Waals surface area contributed by atoms with Gasteiger partial charge in [-0.15, -0.1) is 11.3 Å². The summed E-state index contributed by atoms with van der Waals surface area (Å²) in [5.41, 5.74) is 2.89. The molecule has 3 aliphatic rings. The van der Waals surface area contributed by atoms with Gasteiger partial charge in [-0.1, -0.05) is 25.7 Å². The Morgan fingerprint density at radius 1 is 1.14 bits per heavy atom. The van der Waals surface area contributed by atoms with E-state index in [4.69, 9.17) is 0 Å². The van der Waals surface area contributed by atoms with Crippen LogP contribution in [0.3, 0.4) is 0 Å². The van der Waals surface area contributed by atoms with Crippen LogP contribution in [0.2, 0.25) is 0 Å². The molecule has 1 aromatic rings. The van der Waals surface area contributed by atoms with E-state index in [9.17, 15) is 5.26 Å². The van der Waals surface area contributed by atoms with Crippen LogP contribution in [-0.2, 0) is 13.0 Å². The normalized spacial score (nSPS) is 24.0. The lowest BCUT2D eigenvalue weighted by atomic mass is 9.73. The zero-order valence-corrected chi connectivity index (χ0v) is 13.4. The SMILES string of the molecule is N#Cc1c(N2CC3(CCCCCC3)C2)sc2c1CCNC2. The van der Waals surface area contributed by atoms with E-state index in [-0.39, 0.29) is 0 Å². The first-order valence-corrected chi connectivity index (χ1v) is 9.13. The van der Waals surface area contributed by atoms with Crippen LogP contribution < -0.4 is 10.2 Å². The Hall–Kier alpha value is -1.05. The molecule has 1 aromatic heterocycles. The van der Waals surface area contributed by atoms with Crippen molar-refractivity contribution in [2.45, 2.75) is 51.5 Å². The minimum atomic E-state index is 0.575. The summed E-state index contributed by atoms with van der Waals surface area (Å²) >= 11 is 1.86. The van der Waals surface area contributed by atoms with Crippen molar-refractivity contribution >= 4 is 16.3 Å². The van der Waals surface area contributed by atoms with Crippen LogP contribution in [0, 0.1) is 16.7 Å². The molecule has 2 aliphatic heterocycles. The van der Waals surface area contributed by atoms with Gasteiger partial charge >= 0.3 is 0 Å². The van der Waals surface area contributed by atoms with Crippen molar-refractivity contribution in [2.75, 3.05) is 24.5 Å². The second-order valence-electron chi connectivity index (χ2n) is 6.99. The number of hydrogen-bond donors (Lipinski definition) is 1. The van der Waals surface area contributed by atoms with Crippen molar-refractivity contribution < 1.29 is 0 Å². The molecule has 1 saturated heterocycles. The van der Waals surface area contributed by atoms with Gasteiger partial charge in [0.25, 0.3) is 0 Å². The standard InChI is InChI=1S/C17H23N3S/c18-9-14-13-5-8-19-10-15(13)21-16(14)20-11-17(12-20)6-3-1-2-4-7-17/h19H,1-8,10-12H2. The third kappa shape index (κ3) is 2.27. The minimum Gasteiger partial charge on any atom is -0.361 e. The Morgan fingerprint density at radius 2 is 1.90 bits per heavy atom. The third-order valence-corrected chi connectivity index (χ3v) is 6.82. The summed E-state index contributed by atoms with van der Waals surface area (Å²) in [7, 11) is 0. The molecule has 2 fully saturated rings. The van der Waals surface area contributed by atoms with Crippen molar-refractivity contribution in [3.63, 3.8) is 0 Å². The van der Waals surface area contributed by atoms with Crippen LogP contribution in [0.15, 0.2) is 0 Å². The Morgan fingerprint density at radius 3 is 2.62 bits per heavy atom. The van der Waals surface area contributed by atoms with Crippen LogP contribution in [0.5, 0.6) is 0 Å². The lowest BCUT2D eigenvalue weighted by Gasteiger charge is -2.51. The van der Waals surface area contributed by atoms with Crippen LogP contribution in [-0.4, -0.2) is 19.6 Å². The molecule has 0 amide bonds. The van der Waals surface area contributed by atoms with Gasteiger partial charge in [-0.3, -0.25) is 0 Å². The monoisotopic (exact) mass is 301 g/mol. The molecule has 21 heavy (non-hydrogen) atoms. The first-order chi connectivity index (χ1) is 10.3. The number of nitriles is 1. The van der Waals surface area contributed by atoms with Gasteiger partial charge in [-0.25, -0.2) is 0 Å². The number of rotatable bonds is 1. The highest BCUT2D eigenvalue weighted by atomic mass is 32.1. The van der Waals surface area contributed by atoms with E-state index in [1.165, 1.54) is 67.1 Å². The van der Waals surface area contributed by atoms with Gasteiger partial charge < -0.3 is 10.2 Å². The summed E-state index contributed by atoms with van der Waals surface area (Å²) in [6, 6.07) is 2.50. The molecular formula is C17H23N3S. The summed E-state index contributed by atoms with van der Waals surface area (Å²) in [6.07, 6.45) is 9.48. The number of nitrogens with one attached hydrogen (secondary N) is 1. The average Bonchev–Trinajstić information content (AvgIpc) is 2.66. The molecule has 4 rings (SSSR count). The molecule has 0 aromatic carbocycles. The highest BCUT2D eigenvalue weighted by molar-refractivity contribution is 7.16. The third-order valence-electron chi connectivity index (χ3n) is 5.53. The lowest BCUT2D eigenvalue weighted by molar-refractivity contribution is 0.181. The smallest absolute Gasteiger partial charge is 0.110 e. The molecule has 3 heterocycles. The van der Waals surface area contributed by atoms with Crippen molar-refractivity contribution in [1.29, 1.82) is 5.26 Å². The molecule has 1 aliphatic carbocycles. The van der Waals surface area contributed by atoms with Crippen molar-refractivity contribution in [1.82, 2.24) is 5.32 Å². The molecule has 3 nitrogen and oxygen atoms in total. The van der Waals surface area contributed by atoms with Crippen molar-refractivity contribution in [2.24, 2.45) is 5.41 Å². The maximum Gasteiger partial charge on any atom is 0.110 e. The second-order valence-corrected chi connectivity index (χ2v) is 8.08. The van der Waals surface area contributed by atoms with Gasteiger partial charge in [0.2, 0.25) is 0 Å². The first kappa shape index (κ1) is 13.6. The topological polar surface area (TPSA) is 39.1 Å². The molecule has 1 saturated carbocycles. The summed E-state index contributed by atoms with van der Waals surface area (Å²) in [4.78, 5) is 3.89. The van der Waals surface area contributed by atoms with Crippen LogP contribution in [0.4, 0.5) is 5.00 Å². The highest BCUT2D eigenvalue weighted by Gasteiger charge is 2.44. The fourth-order valence-corrected chi connectivity index (χ4v) is 5.62. The van der Waals surface area contributed by atoms with Gasteiger partial charge in [0.1, 0.15) is 11.1 Å². The molecular weight excluding hydrogens is 278 g/mol. The Labute approximate surface area is 131 Å². The number of nitrogens with zero attached hydrogens (tertiary/aromatic N) is 2. The molecule has 0 unspecified atom stereocenters. The van der Waals surface area contributed by atoms with Gasteiger partial charge in [-0.2, -0.15) is 5.26 Å². The first-order valence-electron chi connectivity index (χ1n) is 8.32. The maximum absolute atomic E-state index is 9.59. The van der Waals surface area contributed by atoms with Crippen LogP contribution in [0.1, 0.15) is 54.5 Å². The Kier molecular flexibility index (Phi) is 3.43. The molecule has 1 spiro atoms. The molecule has 0 atom stereocenters. The van der Waals surface area contributed by atoms with E-state index in [0.29, 0.717) is 5.41 Å². The van der Waals surface area contributed by atoms with Gasteiger partial charge in [0, 0.05) is 29.9 Å². The summed E-state index contributed by atoms with van der Waals surface area (Å²) in [5, 5.41) is 14.3.